The van der Waals surface area contributed by atoms with Gasteiger partial charge in [-0.3, -0.25) is 10.1 Å². The fraction of sp³-hybridized carbons (Fsp3) is 0.222. The maximum absolute atomic E-state index is 11.3. The number of nitrogen functional groups attached to an aromatic ring is 1. The fourth-order valence-corrected chi connectivity index (χ4v) is 3.04. The molecule has 0 aliphatic rings. The van der Waals surface area contributed by atoms with E-state index in [0.29, 0.717) is 21.3 Å². The zero-order chi connectivity index (χ0) is 21.6. The molecule has 2 rings (SSSR count). The predicted molar refractivity (Wildman–Crippen MR) is 112 cm³/mol. The van der Waals surface area contributed by atoms with Gasteiger partial charge < -0.3 is 15.2 Å². The molecule has 0 fully saturated rings. The summed E-state index contributed by atoms with van der Waals surface area (Å²) in [6.45, 7) is 3.51. The molecule has 8 nitrogen and oxygen atoms in total. The van der Waals surface area contributed by atoms with Crippen molar-refractivity contribution in [1.82, 2.24) is 0 Å². The van der Waals surface area contributed by atoms with Crippen molar-refractivity contribution in [3.63, 3.8) is 0 Å². The van der Waals surface area contributed by atoms with Gasteiger partial charge in [0.2, 0.25) is 0 Å². The molecule has 0 saturated carbocycles. The molecule has 0 amide bonds. The van der Waals surface area contributed by atoms with Crippen LogP contribution in [0.15, 0.2) is 33.2 Å². The Bertz CT molecular complexity index is 931. The van der Waals surface area contributed by atoms with Gasteiger partial charge in [-0.15, -0.1) is 0 Å². The van der Waals surface area contributed by atoms with E-state index in [4.69, 9.17) is 5.73 Å². The summed E-state index contributed by atoms with van der Waals surface area (Å²) < 4.78 is 10.5. The number of non-ortho nitro benzene ring substituents is 1. The van der Waals surface area contributed by atoms with Crippen molar-refractivity contribution in [2.45, 2.75) is 13.8 Å². The number of hydrogen-bond acceptors (Lipinski definition) is 7. The van der Waals surface area contributed by atoms with E-state index in [-0.39, 0.29) is 17.2 Å². The number of esters is 2. The maximum atomic E-state index is 11.3. The first kappa shape index (κ1) is 23.6. The van der Waals surface area contributed by atoms with Gasteiger partial charge in [0.1, 0.15) is 0 Å². The van der Waals surface area contributed by atoms with Crippen molar-refractivity contribution in [1.29, 1.82) is 0 Å². The Morgan fingerprint density at radius 1 is 0.929 bits per heavy atom. The number of carbonyl (C=O) groups is 2. The van der Waals surface area contributed by atoms with Gasteiger partial charge in [0.15, 0.2) is 0 Å². The summed E-state index contributed by atoms with van der Waals surface area (Å²) in [4.78, 5) is 32.5. The Hall–Kier alpha value is -2.46. The van der Waals surface area contributed by atoms with E-state index >= 15 is 0 Å². The lowest BCUT2D eigenvalue weighted by Gasteiger charge is -2.06. The highest BCUT2D eigenvalue weighted by molar-refractivity contribution is 9.10. The van der Waals surface area contributed by atoms with Gasteiger partial charge in [0, 0.05) is 26.8 Å². The van der Waals surface area contributed by atoms with Crippen molar-refractivity contribution >= 4 is 55.2 Å². The topological polar surface area (TPSA) is 122 Å². The number of nitrogens with zero attached hydrogens (tertiary/aromatic N) is 1. The molecule has 2 aromatic rings. The van der Waals surface area contributed by atoms with E-state index in [2.05, 4.69) is 41.3 Å². The van der Waals surface area contributed by atoms with Gasteiger partial charge in [-0.25, -0.2) is 9.59 Å². The zero-order valence-corrected chi connectivity index (χ0v) is 18.7. The van der Waals surface area contributed by atoms with Crippen molar-refractivity contribution in [3.05, 3.63) is 65.6 Å². The van der Waals surface area contributed by atoms with E-state index in [1.54, 1.807) is 19.1 Å². The molecule has 0 spiro atoms. The number of methoxy groups -OCH3 is 2. The first-order valence-electron chi connectivity index (χ1n) is 7.70. The zero-order valence-electron chi connectivity index (χ0n) is 15.5. The normalized spacial score (nSPS) is 9.79. The van der Waals surface area contributed by atoms with Crippen LogP contribution in [0.5, 0.6) is 0 Å². The summed E-state index contributed by atoms with van der Waals surface area (Å²) in [5.74, 6) is -0.956. The third kappa shape index (κ3) is 5.77. The molecule has 0 radical (unpaired) electrons. The fourth-order valence-electron chi connectivity index (χ4n) is 2.11. The number of carbonyl (C=O) groups excluding carboxylic acids is 2. The third-order valence-corrected chi connectivity index (χ3v) is 5.36. The molecule has 2 N–H and O–H groups in total. The highest BCUT2D eigenvalue weighted by Gasteiger charge is 2.18. The average molecular weight is 518 g/mol. The van der Waals surface area contributed by atoms with Crippen molar-refractivity contribution in [2.75, 3.05) is 20.0 Å². The first-order chi connectivity index (χ1) is 13.0. The maximum Gasteiger partial charge on any atom is 0.338 e. The highest BCUT2D eigenvalue weighted by atomic mass is 79.9. The van der Waals surface area contributed by atoms with E-state index in [9.17, 15) is 19.7 Å². The summed E-state index contributed by atoms with van der Waals surface area (Å²) in [5.41, 5.74) is 8.12. The van der Waals surface area contributed by atoms with Crippen LogP contribution in [0, 0.1) is 24.0 Å². The van der Waals surface area contributed by atoms with Gasteiger partial charge in [-0.1, -0.05) is 31.9 Å². The Balaban J connectivity index is 0.000000283. The molecule has 28 heavy (non-hydrogen) atoms. The molecule has 0 atom stereocenters. The summed E-state index contributed by atoms with van der Waals surface area (Å²) in [5, 5.41) is 10.6. The Kier molecular flexibility index (Phi) is 8.58. The largest absolute Gasteiger partial charge is 0.465 e. The van der Waals surface area contributed by atoms with Crippen molar-refractivity contribution < 1.29 is 24.0 Å². The number of nitro groups is 1. The highest BCUT2D eigenvalue weighted by Crippen LogP contribution is 2.27. The summed E-state index contributed by atoms with van der Waals surface area (Å²) in [6.07, 6.45) is 0. The summed E-state index contributed by atoms with van der Waals surface area (Å²) >= 11 is 6.46. The van der Waals surface area contributed by atoms with Crippen LogP contribution in [-0.2, 0) is 9.47 Å². The summed E-state index contributed by atoms with van der Waals surface area (Å²) in [7, 11) is 2.58. The molecule has 10 heteroatoms. The third-order valence-electron chi connectivity index (χ3n) is 3.72. The second-order valence-corrected chi connectivity index (χ2v) is 7.22. The van der Waals surface area contributed by atoms with Crippen LogP contribution in [0.2, 0.25) is 0 Å². The number of nitrogens with two attached hydrogens (primary N) is 1. The minimum absolute atomic E-state index is 0.145. The minimum atomic E-state index is -0.586. The van der Waals surface area contributed by atoms with Crippen LogP contribution in [0.1, 0.15) is 31.8 Å². The number of nitro benzene ring substituents is 1. The van der Waals surface area contributed by atoms with E-state index in [1.165, 1.54) is 26.4 Å². The van der Waals surface area contributed by atoms with Gasteiger partial charge in [0.05, 0.1) is 30.3 Å². The molecule has 0 aliphatic heterocycles. The van der Waals surface area contributed by atoms with E-state index in [0.717, 1.165) is 10.0 Å². The Morgan fingerprint density at radius 3 is 1.79 bits per heavy atom. The molecule has 0 heterocycles. The van der Waals surface area contributed by atoms with Crippen LogP contribution < -0.4 is 5.73 Å². The number of halogens is 2. The Labute approximate surface area is 178 Å². The lowest BCUT2D eigenvalue weighted by molar-refractivity contribution is -0.385. The molecular formula is C18H18Br2N2O6. The number of benzene rings is 2. The molecule has 0 unspecified atom stereocenters. The molecule has 2 aromatic carbocycles. The number of hydrogen-bond donors (Lipinski definition) is 1. The molecule has 0 saturated heterocycles. The number of rotatable bonds is 3. The Morgan fingerprint density at radius 2 is 1.36 bits per heavy atom. The molecule has 0 aromatic heterocycles. The lowest BCUT2D eigenvalue weighted by Crippen LogP contribution is -2.05. The van der Waals surface area contributed by atoms with Gasteiger partial charge in [-0.2, -0.15) is 0 Å². The van der Waals surface area contributed by atoms with Crippen LogP contribution in [0.4, 0.5) is 11.4 Å². The van der Waals surface area contributed by atoms with Crippen LogP contribution in [0.25, 0.3) is 0 Å². The quantitative estimate of drug-likeness (QED) is 0.273. The number of anilines is 1. The van der Waals surface area contributed by atoms with Crippen LogP contribution in [0.3, 0.4) is 0 Å². The van der Waals surface area contributed by atoms with E-state index < -0.39 is 10.9 Å². The molecule has 150 valence electrons. The lowest BCUT2D eigenvalue weighted by atomic mass is 10.1. The number of ether oxygens (including phenoxy) is 2. The molecule has 0 bridgehead atoms. The predicted octanol–water partition coefficient (Wildman–Crippen LogP) is 4.58. The monoisotopic (exact) mass is 516 g/mol. The molecule has 0 aliphatic carbocycles. The van der Waals surface area contributed by atoms with E-state index in [1.807, 2.05) is 6.92 Å². The van der Waals surface area contributed by atoms with Gasteiger partial charge in [-0.05, 0) is 37.1 Å². The standard InChI is InChI=1S/C9H8BrNO4.C9H10BrNO2/c1-5-7(9(12)15-2)3-6(11(13)14)4-8(5)10;1-5-7(9(12)13-2)3-6(11)4-8(5)10/h3-4H,1-2H3;3-4H,11H2,1-2H3. The SMILES string of the molecule is COC(=O)c1cc(N)cc(Br)c1C.COC(=O)c1cc([N+](=O)[O-])cc(Br)c1C. The second-order valence-electron chi connectivity index (χ2n) is 5.52. The minimum Gasteiger partial charge on any atom is -0.465 e. The van der Waals surface area contributed by atoms with Gasteiger partial charge in [0.25, 0.3) is 5.69 Å². The van der Waals surface area contributed by atoms with Crippen LogP contribution >= 0.6 is 31.9 Å². The van der Waals surface area contributed by atoms with Crippen LogP contribution in [-0.4, -0.2) is 31.1 Å². The van der Waals surface area contributed by atoms with Crippen molar-refractivity contribution in [2.24, 2.45) is 0 Å². The second kappa shape index (κ2) is 10.2. The average Bonchev–Trinajstić information content (AvgIpc) is 2.65. The first-order valence-corrected chi connectivity index (χ1v) is 9.28. The molecular weight excluding hydrogens is 500 g/mol. The smallest absolute Gasteiger partial charge is 0.338 e. The van der Waals surface area contributed by atoms with Gasteiger partial charge >= 0.3 is 11.9 Å². The van der Waals surface area contributed by atoms with Crippen molar-refractivity contribution in [3.8, 4) is 0 Å². The summed E-state index contributed by atoms with van der Waals surface area (Å²) in [6, 6.07) is 5.90.